The van der Waals surface area contributed by atoms with E-state index >= 15 is 0 Å². The first-order chi connectivity index (χ1) is 15.6. The summed E-state index contributed by atoms with van der Waals surface area (Å²) in [5, 5.41) is 4.26. The molecule has 5 nitrogen and oxygen atoms in total. The Morgan fingerprint density at radius 1 is 0.969 bits per heavy atom. The third kappa shape index (κ3) is 3.78. The van der Waals surface area contributed by atoms with Crippen molar-refractivity contribution in [3.63, 3.8) is 0 Å². The fourth-order valence-corrected chi connectivity index (χ4v) is 4.64. The van der Waals surface area contributed by atoms with E-state index in [1.165, 1.54) is 16.8 Å². The normalized spacial score (nSPS) is 18.1. The maximum atomic E-state index is 5.82. The molecule has 1 aliphatic heterocycles. The summed E-state index contributed by atoms with van der Waals surface area (Å²) < 4.78 is 2.26. The zero-order valence-electron chi connectivity index (χ0n) is 18.1. The number of aryl methyl sites for hydroxylation is 2. The average Bonchev–Trinajstić information content (AvgIpc) is 3.42. The molecule has 1 fully saturated rings. The monoisotopic (exact) mass is 439 g/mol. The fourth-order valence-electron chi connectivity index (χ4n) is 4.33. The van der Waals surface area contributed by atoms with Crippen LogP contribution >= 0.6 is 12.2 Å². The van der Waals surface area contributed by atoms with Crippen LogP contribution in [0.15, 0.2) is 85.5 Å². The second-order valence-electron chi connectivity index (χ2n) is 8.19. The Kier molecular flexibility index (Phi) is 5.45. The van der Waals surface area contributed by atoms with Crippen molar-refractivity contribution in [2.24, 2.45) is 0 Å². The summed E-state index contributed by atoms with van der Waals surface area (Å²) in [6.45, 7) is 4.97. The molecule has 0 saturated carbocycles. The van der Waals surface area contributed by atoms with Crippen LogP contribution in [0.25, 0.3) is 5.69 Å². The first-order valence-corrected chi connectivity index (χ1v) is 11.1. The van der Waals surface area contributed by atoms with Gasteiger partial charge in [-0.15, -0.1) is 0 Å². The molecule has 1 aromatic carbocycles. The molecular weight excluding hydrogens is 414 g/mol. The van der Waals surface area contributed by atoms with Crippen molar-refractivity contribution in [2.45, 2.75) is 32.5 Å². The molecule has 5 rings (SSSR count). The molecule has 32 heavy (non-hydrogen) atoms. The molecule has 2 atom stereocenters. The Hall–Kier alpha value is -3.51. The van der Waals surface area contributed by atoms with Gasteiger partial charge in [0.05, 0.1) is 17.8 Å². The Balaban J connectivity index is 1.61. The second-order valence-corrected chi connectivity index (χ2v) is 8.57. The minimum atomic E-state index is -0.0550. The fraction of sp³-hybridized carbons (Fsp3) is 0.192. The Bertz CT molecular complexity index is 1240. The van der Waals surface area contributed by atoms with Gasteiger partial charge in [0.2, 0.25) is 0 Å². The minimum absolute atomic E-state index is 0.0192. The maximum Gasteiger partial charge on any atom is 0.170 e. The lowest BCUT2D eigenvalue weighted by Gasteiger charge is -2.29. The summed E-state index contributed by atoms with van der Waals surface area (Å²) >= 11 is 5.82. The molecule has 0 radical (unpaired) electrons. The van der Waals surface area contributed by atoms with Gasteiger partial charge >= 0.3 is 0 Å². The molecule has 4 aromatic rings. The standard InChI is InChI=1S/C26H25N5S/c1-18-10-11-21(15-19(18)2)30-14-6-9-23(30)25-24(22-8-3-4-13-28-22)29-26(32)31(25)17-20-7-5-12-27-16-20/h3-16,24-25H,17H2,1-2H3,(H,29,32). The molecule has 0 amide bonds. The van der Waals surface area contributed by atoms with Crippen molar-refractivity contribution >= 4 is 17.3 Å². The molecule has 160 valence electrons. The van der Waals surface area contributed by atoms with E-state index in [1.54, 1.807) is 6.20 Å². The van der Waals surface area contributed by atoms with Crippen LogP contribution in [0.3, 0.4) is 0 Å². The highest BCUT2D eigenvalue weighted by molar-refractivity contribution is 7.80. The van der Waals surface area contributed by atoms with Crippen molar-refractivity contribution in [3.05, 3.63) is 114 Å². The van der Waals surface area contributed by atoms with Crippen molar-refractivity contribution in [2.75, 3.05) is 0 Å². The molecule has 6 heteroatoms. The van der Waals surface area contributed by atoms with E-state index < -0.39 is 0 Å². The predicted molar refractivity (Wildman–Crippen MR) is 130 cm³/mol. The molecule has 0 aliphatic carbocycles. The number of thiocarbonyl (C=S) groups is 1. The number of benzene rings is 1. The van der Waals surface area contributed by atoms with Gasteiger partial charge in [-0.2, -0.15) is 0 Å². The molecule has 1 N–H and O–H groups in total. The van der Waals surface area contributed by atoms with Crippen LogP contribution in [0.2, 0.25) is 0 Å². The highest BCUT2D eigenvalue weighted by Crippen LogP contribution is 2.40. The quantitative estimate of drug-likeness (QED) is 0.441. The third-order valence-electron chi connectivity index (χ3n) is 6.13. The summed E-state index contributed by atoms with van der Waals surface area (Å²) in [5.41, 5.74) is 6.97. The lowest BCUT2D eigenvalue weighted by atomic mass is 10.0. The van der Waals surface area contributed by atoms with Crippen LogP contribution in [0.5, 0.6) is 0 Å². The Labute approximate surface area is 193 Å². The highest BCUT2D eigenvalue weighted by atomic mass is 32.1. The summed E-state index contributed by atoms with van der Waals surface area (Å²) in [4.78, 5) is 11.2. The number of hydrogen-bond donors (Lipinski definition) is 1. The van der Waals surface area contributed by atoms with Gasteiger partial charge in [-0.05, 0) is 85.2 Å². The molecule has 0 bridgehead atoms. The van der Waals surface area contributed by atoms with Crippen LogP contribution in [0, 0.1) is 13.8 Å². The molecule has 1 saturated heterocycles. The van der Waals surface area contributed by atoms with E-state index in [9.17, 15) is 0 Å². The molecule has 2 unspecified atom stereocenters. The molecule has 4 heterocycles. The van der Waals surface area contributed by atoms with Crippen LogP contribution < -0.4 is 5.32 Å². The van der Waals surface area contributed by atoms with E-state index in [-0.39, 0.29) is 12.1 Å². The van der Waals surface area contributed by atoms with E-state index in [0.29, 0.717) is 6.54 Å². The van der Waals surface area contributed by atoms with Crippen LogP contribution in [0.4, 0.5) is 0 Å². The van der Waals surface area contributed by atoms with Crippen molar-refractivity contribution < 1.29 is 0 Å². The van der Waals surface area contributed by atoms with Crippen molar-refractivity contribution in [1.82, 2.24) is 24.8 Å². The zero-order valence-corrected chi connectivity index (χ0v) is 19.0. The minimum Gasteiger partial charge on any atom is -0.352 e. The van der Waals surface area contributed by atoms with Crippen LogP contribution in [-0.4, -0.2) is 24.5 Å². The number of hydrogen-bond acceptors (Lipinski definition) is 3. The van der Waals surface area contributed by atoms with Crippen molar-refractivity contribution in [3.8, 4) is 5.69 Å². The SMILES string of the molecule is Cc1ccc(-n2cccc2C2C(c3ccccn3)NC(=S)N2Cc2cccnc2)cc1C. The van der Waals surface area contributed by atoms with E-state index in [1.807, 2.05) is 30.6 Å². The first kappa shape index (κ1) is 20.4. The largest absolute Gasteiger partial charge is 0.352 e. The highest BCUT2D eigenvalue weighted by Gasteiger charge is 2.41. The summed E-state index contributed by atoms with van der Waals surface area (Å²) in [6, 6.07) is 20.9. The second kappa shape index (κ2) is 8.55. The number of nitrogens with one attached hydrogen (secondary N) is 1. The predicted octanol–water partition coefficient (Wildman–Crippen LogP) is 5.06. The topological polar surface area (TPSA) is 46.0 Å². The van der Waals surface area contributed by atoms with Gasteiger partial charge in [-0.3, -0.25) is 9.97 Å². The summed E-state index contributed by atoms with van der Waals surface area (Å²) in [6.07, 6.45) is 7.65. The van der Waals surface area contributed by atoms with Gasteiger partial charge in [-0.1, -0.05) is 18.2 Å². The van der Waals surface area contributed by atoms with E-state index in [4.69, 9.17) is 12.2 Å². The Morgan fingerprint density at radius 3 is 2.62 bits per heavy atom. The van der Waals surface area contributed by atoms with Crippen molar-refractivity contribution in [1.29, 1.82) is 0 Å². The first-order valence-electron chi connectivity index (χ1n) is 10.7. The summed E-state index contributed by atoms with van der Waals surface area (Å²) in [7, 11) is 0. The molecule has 0 spiro atoms. The molecule has 1 aliphatic rings. The third-order valence-corrected chi connectivity index (χ3v) is 6.48. The van der Waals surface area contributed by atoms with Crippen LogP contribution in [-0.2, 0) is 6.54 Å². The number of pyridine rings is 2. The van der Waals surface area contributed by atoms with Gasteiger partial charge in [0.1, 0.15) is 0 Å². The molecule has 3 aromatic heterocycles. The van der Waals surface area contributed by atoms with Crippen LogP contribution in [0.1, 0.15) is 40.2 Å². The van der Waals surface area contributed by atoms with E-state index in [2.05, 4.69) is 87.3 Å². The zero-order chi connectivity index (χ0) is 22.1. The lowest BCUT2D eigenvalue weighted by molar-refractivity contribution is 0.302. The van der Waals surface area contributed by atoms with Gasteiger partial charge in [-0.25, -0.2) is 0 Å². The maximum absolute atomic E-state index is 5.82. The number of nitrogens with zero attached hydrogens (tertiary/aromatic N) is 4. The smallest absolute Gasteiger partial charge is 0.170 e. The van der Waals surface area contributed by atoms with Gasteiger partial charge in [0.25, 0.3) is 0 Å². The average molecular weight is 440 g/mol. The van der Waals surface area contributed by atoms with Gasteiger partial charge in [0, 0.05) is 42.7 Å². The lowest BCUT2D eigenvalue weighted by Crippen LogP contribution is -2.30. The Morgan fingerprint density at radius 2 is 1.88 bits per heavy atom. The summed E-state index contributed by atoms with van der Waals surface area (Å²) in [5.74, 6) is 0. The van der Waals surface area contributed by atoms with E-state index in [0.717, 1.165) is 22.1 Å². The number of rotatable bonds is 5. The van der Waals surface area contributed by atoms with Gasteiger partial charge < -0.3 is 14.8 Å². The number of aromatic nitrogens is 3. The van der Waals surface area contributed by atoms with Gasteiger partial charge in [0.15, 0.2) is 5.11 Å². The molecular formula is C26H25N5S.